The molecule has 0 radical (unpaired) electrons. The molecule has 4 aromatic carbocycles. The Morgan fingerprint density at radius 3 is 2.04 bits per heavy atom. The largest absolute Gasteiger partial charge is 0.506 e. The number of allylic oxidation sites excluding steroid dienone is 2. The van der Waals surface area contributed by atoms with E-state index in [2.05, 4.69) is 136 Å². The van der Waals surface area contributed by atoms with Crippen molar-refractivity contribution in [3.8, 4) is 16.8 Å². The smallest absolute Gasteiger partial charge is 0.276 e. The lowest BCUT2D eigenvalue weighted by molar-refractivity contribution is -0.109. The predicted octanol–water partition coefficient (Wildman–Crippen LogP) is 9.59. The molecule has 0 bridgehead atoms. The first-order valence-electron chi connectivity index (χ1n) is 16.2. The van der Waals surface area contributed by atoms with Crippen LogP contribution in [0.25, 0.3) is 49.1 Å². The predicted molar refractivity (Wildman–Crippen MR) is 201 cm³/mol. The fourth-order valence-corrected chi connectivity index (χ4v) is 10.3. The van der Waals surface area contributed by atoms with Crippen LogP contribution in [0, 0.1) is 41.5 Å². The summed E-state index contributed by atoms with van der Waals surface area (Å²) in [6, 6.07) is 30.3. The molecule has 0 spiro atoms. The zero-order valence-electron chi connectivity index (χ0n) is 27.6. The molecule has 0 unspecified atom stereocenters. The molecule has 7 aromatic rings. The number of benzene rings is 4. The Morgan fingerprint density at radius 1 is 0.688 bits per heavy atom. The monoisotopic (exact) mass is 661 g/mol. The van der Waals surface area contributed by atoms with Crippen LogP contribution in [-0.2, 0) is 4.79 Å². The fourth-order valence-electron chi connectivity index (χ4n) is 7.46. The van der Waals surface area contributed by atoms with Crippen LogP contribution in [0.1, 0.15) is 38.3 Å². The molecule has 6 heteroatoms. The molecule has 0 saturated carbocycles. The lowest BCUT2D eigenvalue weighted by Gasteiger charge is -2.21. The van der Waals surface area contributed by atoms with Gasteiger partial charge in [-0.05, 0) is 83.0 Å². The minimum Gasteiger partial charge on any atom is -0.506 e. The van der Waals surface area contributed by atoms with Crippen molar-refractivity contribution in [1.82, 2.24) is 9.14 Å². The molecule has 48 heavy (non-hydrogen) atoms. The van der Waals surface area contributed by atoms with Crippen molar-refractivity contribution in [2.45, 2.75) is 41.5 Å². The topological polar surface area (TPSA) is 45.2 Å². The Balaban J connectivity index is 1.28. The summed E-state index contributed by atoms with van der Waals surface area (Å²) in [5.74, 6) is 0.0139. The number of rotatable bonds is 3. The van der Waals surface area contributed by atoms with Crippen molar-refractivity contribution in [3.05, 3.63) is 138 Å². The number of fused-ring (bicyclic) bond motifs is 6. The second kappa shape index (κ2) is 10.2. The number of carbonyl (C=O) groups excluding carboxylic acids is 1. The Labute approximate surface area is 286 Å². The van der Waals surface area contributed by atoms with Crippen LogP contribution in [0.5, 0.6) is 0 Å². The van der Waals surface area contributed by atoms with Crippen molar-refractivity contribution >= 4 is 72.1 Å². The summed E-state index contributed by atoms with van der Waals surface area (Å²) in [6.07, 6.45) is 0. The summed E-state index contributed by atoms with van der Waals surface area (Å²) in [4.78, 5) is 16.2. The van der Waals surface area contributed by atoms with Gasteiger partial charge < -0.3 is 9.67 Å². The van der Waals surface area contributed by atoms with E-state index in [4.69, 9.17) is 0 Å². The third-order valence-corrected chi connectivity index (χ3v) is 12.5. The van der Waals surface area contributed by atoms with E-state index in [1.54, 1.807) is 22.7 Å². The molecule has 0 fully saturated rings. The van der Waals surface area contributed by atoms with E-state index in [0.29, 0.717) is 11.1 Å². The number of ketones is 1. The Bertz CT molecular complexity index is 2730. The first kappa shape index (κ1) is 29.1. The maximum Gasteiger partial charge on any atom is 0.276 e. The summed E-state index contributed by atoms with van der Waals surface area (Å²) in [7, 11) is 0. The molecule has 0 saturated heterocycles. The fraction of sp³-hybridized carbons (Fsp3) is 0.143. The van der Waals surface area contributed by atoms with Crippen molar-refractivity contribution < 1.29 is 9.90 Å². The SMILES string of the molecule is Cc1ccc(-n2c3ccc(C)cc3c3c(C)c(C4=C(O)/C(=c5/sc6c(c5C)-c5cc(C)ccc5[N+]=6c5ccc(C)cc5)C4=O)sc32)cc1. The molecule has 234 valence electrons. The number of aromatic nitrogens is 1. The third-order valence-electron chi connectivity index (χ3n) is 9.95. The average molecular weight is 662 g/mol. The second-order valence-corrected chi connectivity index (χ2v) is 15.3. The normalized spacial score (nSPS) is 15.1. The molecule has 0 atom stereocenters. The minimum atomic E-state index is -0.0868. The molecule has 4 heterocycles. The highest BCUT2D eigenvalue weighted by Crippen LogP contribution is 2.48. The van der Waals surface area contributed by atoms with Gasteiger partial charge in [0.1, 0.15) is 10.6 Å². The van der Waals surface area contributed by atoms with Crippen LogP contribution in [-0.4, -0.2) is 15.5 Å². The van der Waals surface area contributed by atoms with Gasteiger partial charge in [0.15, 0.2) is 0 Å². The molecular weight excluding hydrogens is 629 g/mol. The molecular formula is C42H33N2O2S2+. The summed E-state index contributed by atoms with van der Waals surface area (Å²) in [6.45, 7) is 12.6. The van der Waals surface area contributed by atoms with E-state index in [-0.39, 0.29) is 11.5 Å². The molecule has 1 aliphatic heterocycles. The van der Waals surface area contributed by atoms with Crippen molar-refractivity contribution in [2.24, 2.45) is 0 Å². The van der Waals surface area contributed by atoms with Gasteiger partial charge in [0.2, 0.25) is 17.2 Å². The molecule has 9 rings (SSSR count). The Kier molecular flexibility index (Phi) is 6.21. The number of nitrogens with zero attached hydrogens (tertiary/aromatic N) is 2. The lowest BCUT2D eigenvalue weighted by atomic mass is 9.85. The first-order valence-corrected chi connectivity index (χ1v) is 17.8. The molecule has 1 N–H and O–H groups in total. The van der Waals surface area contributed by atoms with Gasteiger partial charge in [-0.25, -0.2) is 0 Å². The standard InChI is InChI=1S/C42H32N2O2S2/c1-21-7-13-27(14-8-21)43-31-17-11-23(3)19-29(31)33-25(5)39(47-41(33)43)35-37(45)36(38(35)46)40-26(6)34-30-20-24(4)12-18-32(30)44(42(34)48-40)28-15-9-22(2)10-16-28/h7-20H,1-6H3/p+1. The lowest BCUT2D eigenvalue weighted by Crippen LogP contribution is -2.26. The number of aliphatic hydroxyl groups is 1. The first-order chi connectivity index (χ1) is 23.1. The third kappa shape index (κ3) is 3.93. The Morgan fingerprint density at radius 2 is 1.33 bits per heavy atom. The molecule has 3 aromatic heterocycles. The summed E-state index contributed by atoms with van der Waals surface area (Å²) >= 11 is 3.19. The van der Waals surface area contributed by atoms with Crippen LogP contribution in [0.2, 0.25) is 0 Å². The maximum atomic E-state index is 14.2. The highest BCUT2D eigenvalue weighted by atomic mass is 32.1. The van der Waals surface area contributed by atoms with Crippen LogP contribution < -0.4 is 13.8 Å². The van der Waals surface area contributed by atoms with Crippen LogP contribution in [0.3, 0.4) is 0 Å². The molecule has 0 amide bonds. The van der Waals surface area contributed by atoms with Gasteiger partial charge in [0.05, 0.1) is 32.3 Å². The van der Waals surface area contributed by atoms with E-state index < -0.39 is 0 Å². The minimum absolute atomic E-state index is 0.0868. The maximum absolute atomic E-state index is 14.2. The highest BCUT2D eigenvalue weighted by Gasteiger charge is 2.41. The molecule has 4 nitrogen and oxygen atoms in total. The molecule has 2 aliphatic rings. The van der Waals surface area contributed by atoms with Gasteiger partial charge in [-0.2, -0.15) is 0 Å². The summed E-state index contributed by atoms with van der Waals surface area (Å²) < 4.78 is 6.52. The second-order valence-electron chi connectivity index (χ2n) is 13.3. The van der Waals surface area contributed by atoms with Crippen molar-refractivity contribution in [3.63, 3.8) is 0 Å². The van der Waals surface area contributed by atoms with Gasteiger partial charge in [0, 0.05) is 39.5 Å². The number of carbonyl (C=O) groups is 1. The van der Waals surface area contributed by atoms with Gasteiger partial charge in [-0.15, -0.1) is 15.9 Å². The number of aliphatic hydroxyl groups excluding tert-OH is 1. The van der Waals surface area contributed by atoms with Crippen molar-refractivity contribution in [2.75, 3.05) is 0 Å². The quantitative estimate of drug-likeness (QED) is 0.192. The average Bonchev–Trinajstić information content (AvgIpc) is 3.76. The van der Waals surface area contributed by atoms with E-state index in [0.717, 1.165) is 74.5 Å². The van der Waals surface area contributed by atoms with E-state index >= 15 is 0 Å². The van der Waals surface area contributed by atoms with Crippen LogP contribution in [0.4, 0.5) is 11.4 Å². The van der Waals surface area contributed by atoms with Gasteiger partial charge in [0.25, 0.3) is 4.67 Å². The van der Waals surface area contributed by atoms with E-state index in [1.165, 1.54) is 22.3 Å². The number of aryl methyl sites for hydroxylation is 5. The summed E-state index contributed by atoms with van der Waals surface area (Å²) in [5, 5.41) is 14.1. The van der Waals surface area contributed by atoms with Gasteiger partial charge in [-0.3, -0.25) is 4.79 Å². The summed E-state index contributed by atoms with van der Waals surface area (Å²) in [5.41, 5.74) is 14.5. The van der Waals surface area contributed by atoms with E-state index in [9.17, 15) is 9.90 Å². The number of hydrogen-bond donors (Lipinski definition) is 1. The van der Waals surface area contributed by atoms with Crippen LogP contribution in [0.15, 0.2) is 90.7 Å². The van der Waals surface area contributed by atoms with Crippen molar-refractivity contribution in [1.29, 1.82) is 0 Å². The van der Waals surface area contributed by atoms with Gasteiger partial charge in [-0.1, -0.05) is 70.0 Å². The zero-order valence-corrected chi connectivity index (χ0v) is 29.3. The zero-order chi connectivity index (χ0) is 33.2. The van der Waals surface area contributed by atoms with Gasteiger partial charge >= 0.3 is 0 Å². The molecule has 1 aliphatic carbocycles. The number of Topliss-reactive ketones (excluding diaryl/α,β-unsaturated/α-hetero) is 1. The van der Waals surface area contributed by atoms with Crippen LogP contribution >= 0.6 is 22.7 Å². The van der Waals surface area contributed by atoms with E-state index in [1.807, 2.05) is 0 Å². The number of hydrogen-bond acceptors (Lipinski definition) is 4. The highest BCUT2D eigenvalue weighted by molar-refractivity contribution is 7.21. The number of thiophene rings is 2. The Hall–Kier alpha value is -5.04.